The van der Waals surface area contributed by atoms with Crippen molar-refractivity contribution in [3.63, 3.8) is 0 Å². The molecule has 0 atom stereocenters. The average molecular weight is 286 g/mol. The van der Waals surface area contributed by atoms with E-state index < -0.39 is 0 Å². The molecule has 112 valence electrons. The first-order valence-corrected chi connectivity index (χ1v) is 7.89. The van der Waals surface area contributed by atoms with Crippen molar-refractivity contribution in [2.75, 3.05) is 13.1 Å². The summed E-state index contributed by atoms with van der Waals surface area (Å²) in [6.07, 6.45) is 5.03. The van der Waals surface area contributed by atoms with Crippen LogP contribution < -0.4 is 5.32 Å². The maximum absolute atomic E-state index is 12.3. The predicted octanol–water partition coefficient (Wildman–Crippen LogP) is 2.21. The summed E-state index contributed by atoms with van der Waals surface area (Å²) in [6.45, 7) is 1.35. The third-order valence-electron chi connectivity index (χ3n) is 4.63. The van der Waals surface area contributed by atoms with Gasteiger partial charge in [-0.05, 0) is 44.2 Å². The Labute approximate surface area is 125 Å². The number of carbonyl (C=O) groups excluding carboxylic acids is 2. The second-order valence-electron chi connectivity index (χ2n) is 6.07. The third kappa shape index (κ3) is 3.26. The number of piperidine rings is 1. The normalized spacial score (nSPS) is 19.9. The van der Waals surface area contributed by atoms with Gasteiger partial charge in [0.25, 0.3) is 5.91 Å². The van der Waals surface area contributed by atoms with Crippen molar-refractivity contribution in [2.45, 2.75) is 38.1 Å². The largest absolute Gasteiger partial charge is 0.353 e. The molecule has 1 aliphatic heterocycles. The van der Waals surface area contributed by atoms with E-state index >= 15 is 0 Å². The molecule has 0 bridgehead atoms. The predicted molar refractivity (Wildman–Crippen MR) is 80.9 cm³/mol. The number of nitrogens with one attached hydrogen (secondary N) is 1. The standard InChI is InChI=1S/C17H22N2O2/c20-16(18-15-7-4-8-15)13-9-11-19(12-10-13)17(21)14-5-2-1-3-6-14/h1-3,5-6,13,15H,4,7-12H2,(H,18,20). The molecule has 4 nitrogen and oxygen atoms in total. The fourth-order valence-electron chi connectivity index (χ4n) is 2.98. The van der Waals surface area contributed by atoms with Crippen LogP contribution >= 0.6 is 0 Å². The van der Waals surface area contributed by atoms with Crippen molar-refractivity contribution in [1.82, 2.24) is 10.2 Å². The monoisotopic (exact) mass is 286 g/mol. The van der Waals surface area contributed by atoms with E-state index in [1.807, 2.05) is 35.2 Å². The molecule has 1 N–H and O–H groups in total. The number of hydrogen-bond donors (Lipinski definition) is 1. The van der Waals surface area contributed by atoms with Gasteiger partial charge in [0, 0.05) is 30.6 Å². The zero-order chi connectivity index (χ0) is 14.7. The summed E-state index contributed by atoms with van der Waals surface area (Å²) in [7, 11) is 0. The van der Waals surface area contributed by atoms with Crippen molar-refractivity contribution >= 4 is 11.8 Å². The SMILES string of the molecule is O=C(NC1CCC1)C1CCN(C(=O)c2ccccc2)CC1. The van der Waals surface area contributed by atoms with Crippen LogP contribution in [0.5, 0.6) is 0 Å². The topological polar surface area (TPSA) is 49.4 Å². The molecule has 0 spiro atoms. The van der Waals surface area contributed by atoms with Crippen molar-refractivity contribution in [2.24, 2.45) is 5.92 Å². The first-order valence-electron chi connectivity index (χ1n) is 7.89. The van der Waals surface area contributed by atoms with Gasteiger partial charge >= 0.3 is 0 Å². The molecule has 3 rings (SSSR count). The number of amides is 2. The van der Waals surface area contributed by atoms with Gasteiger partial charge in [-0.1, -0.05) is 18.2 Å². The Morgan fingerprint density at radius 3 is 2.24 bits per heavy atom. The van der Waals surface area contributed by atoms with Crippen LogP contribution in [-0.4, -0.2) is 35.8 Å². The van der Waals surface area contributed by atoms with Gasteiger partial charge in [0.1, 0.15) is 0 Å². The van der Waals surface area contributed by atoms with E-state index in [0.717, 1.165) is 31.2 Å². The molecule has 2 amide bonds. The lowest BCUT2D eigenvalue weighted by Gasteiger charge is -2.33. The van der Waals surface area contributed by atoms with Crippen LogP contribution in [0.4, 0.5) is 0 Å². The summed E-state index contributed by atoms with van der Waals surface area (Å²) >= 11 is 0. The lowest BCUT2D eigenvalue weighted by Crippen LogP contribution is -2.47. The van der Waals surface area contributed by atoms with Crippen LogP contribution in [0.3, 0.4) is 0 Å². The lowest BCUT2D eigenvalue weighted by atomic mass is 9.90. The highest BCUT2D eigenvalue weighted by Crippen LogP contribution is 2.22. The van der Waals surface area contributed by atoms with Gasteiger partial charge in [-0.3, -0.25) is 9.59 Å². The maximum atomic E-state index is 12.3. The molecule has 0 aromatic heterocycles. The van der Waals surface area contributed by atoms with Crippen LogP contribution in [0.2, 0.25) is 0 Å². The zero-order valence-corrected chi connectivity index (χ0v) is 12.3. The molecule has 21 heavy (non-hydrogen) atoms. The van der Waals surface area contributed by atoms with E-state index in [9.17, 15) is 9.59 Å². The fraction of sp³-hybridized carbons (Fsp3) is 0.529. The smallest absolute Gasteiger partial charge is 0.253 e. The maximum Gasteiger partial charge on any atom is 0.253 e. The molecule has 1 aromatic rings. The molecular formula is C17H22N2O2. The van der Waals surface area contributed by atoms with Gasteiger partial charge in [-0.2, -0.15) is 0 Å². The first kappa shape index (κ1) is 14.1. The van der Waals surface area contributed by atoms with Crippen LogP contribution in [-0.2, 0) is 4.79 Å². The lowest BCUT2D eigenvalue weighted by molar-refractivity contribution is -0.127. The highest BCUT2D eigenvalue weighted by molar-refractivity contribution is 5.94. The highest BCUT2D eigenvalue weighted by Gasteiger charge is 2.29. The number of carbonyl (C=O) groups is 2. The van der Waals surface area contributed by atoms with Crippen molar-refractivity contribution in [3.05, 3.63) is 35.9 Å². The van der Waals surface area contributed by atoms with E-state index in [4.69, 9.17) is 0 Å². The summed E-state index contributed by atoms with van der Waals surface area (Å²) in [5.41, 5.74) is 0.731. The Bertz CT molecular complexity index is 503. The van der Waals surface area contributed by atoms with Gasteiger partial charge in [-0.15, -0.1) is 0 Å². The molecule has 4 heteroatoms. The molecule has 1 saturated carbocycles. The quantitative estimate of drug-likeness (QED) is 0.926. The molecular weight excluding hydrogens is 264 g/mol. The summed E-state index contributed by atoms with van der Waals surface area (Å²) < 4.78 is 0. The molecule has 2 aliphatic rings. The van der Waals surface area contributed by atoms with E-state index in [0.29, 0.717) is 19.1 Å². The molecule has 1 aliphatic carbocycles. The number of rotatable bonds is 3. The van der Waals surface area contributed by atoms with Crippen LogP contribution in [0.1, 0.15) is 42.5 Å². The Kier molecular flexibility index (Phi) is 4.23. The summed E-state index contributed by atoms with van der Waals surface area (Å²) in [4.78, 5) is 26.3. The summed E-state index contributed by atoms with van der Waals surface area (Å²) in [6, 6.07) is 9.77. The first-order chi connectivity index (χ1) is 10.2. The number of nitrogens with zero attached hydrogens (tertiary/aromatic N) is 1. The number of benzene rings is 1. The number of hydrogen-bond acceptors (Lipinski definition) is 2. The number of likely N-dealkylation sites (tertiary alicyclic amines) is 1. The summed E-state index contributed by atoms with van der Waals surface area (Å²) in [5, 5.41) is 3.12. The van der Waals surface area contributed by atoms with E-state index in [2.05, 4.69) is 5.32 Å². The van der Waals surface area contributed by atoms with Crippen molar-refractivity contribution in [1.29, 1.82) is 0 Å². The summed E-state index contributed by atoms with van der Waals surface area (Å²) in [5.74, 6) is 0.338. The minimum absolute atomic E-state index is 0.0745. The van der Waals surface area contributed by atoms with Gasteiger partial charge in [0.15, 0.2) is 0 Å². The Morgan fingerprint density at radius 2 is 1.67 bits per heavy atom. The molecule has 1 heterocycles. The third-order valence-corrected chi connectivity index (χ3v) is 4.63. The molecule has 2 fully saturated rings. The Balaban J connectivity index is 1.50. The Hall–Kier alpha value is -1.84. The van der Waals surface area contributed by atoms with Gasteiger partial charge in [-0.25, -0.2) is 0 Å². The fourth-order valence-corrected chi connectivity index (χ4v) is 2.98. The van der Waals surface area contributed by atoms with Gasteiger partial charge < -0.3 is 10.2 Å². The molecule has 1 saturated heterocycles. The minimum atomic E-state index is 0.0745. The highest BCUT2D eigenvalue weighted by atomic mass is 16.2. The van der Waals surface area contributed by atoms with E-state index in [1.165, 1.54) is 6.42 Å². The van der Waals surface area contributed by atoms with Gasteiger partial charge in [0.2, 0.25) is 5.91 Å². The van der Waals surface area contributed by atoms with Crippen LogP contribution in [0.15, 0.2) is 30.3 Å². The zero-order valence-electron chi connectivity index (χ0n) is 12.3. The van der Waals surface area contributed by atoms with Gasteiger partial charge in [0.05, 0.1) is 0 Å². The second-order valence-corrected chi connectivity index (χ2v) is 6.07. The molecule has 0 radical (unpaired) electrons. The average Bonchev–Trinajstić information content (AvgIpc) is 2.51. The second kappa shape index (κ2) is 6.29. The minimum Gasteiger partial charge on any atom is -0.353 e. The van der Waals surface area contributed by atoms with E-state index in [1.54, 1.807) is 0 Å². The van der Waals surface area contributed by atoms with E-state index in [-0.39, 0.29) is 17.7 Å². The van der Waals surface area contributed by atoms with Crippen LogP contribution in [0, 0.1) is 5.92 Å². The van der Waals surface area contributed by atoms with Crippen LogP contribution in [0.25, 0.3) is 0 Å². The van der Waals surface area contributed by atoms with Crippen molar-refractivity contribution in [3.8, 4) is 0 Å². The Morgan fingerprint density at radius 1 is 1.00 bits per heavy atom. The van der Waals surface area contributed by atoms with Crippen molar-refractivity contribution < 1.29 is 9.59 Å². The molecule has 1 aromatic carbocycles. The molecule has 0 unspecified atom stereocenters.